The quantitative estimate of drug-likeness (QED) is 0.724. The van der Waals surface area contributed by atoms with E-state index >= 15 is 0 Å². The zero-order valence-corrected chi connectivity index (χ0v) is 9.09. The maximum Gasteiger partial charge on any atom is 0.0117 e. The lowest BCUT2D eigenvalue weighted by Gasteiger charge is -2.13. The molecule has 1 rings (SSSR count). The van der Waals surface area contributed by atoms with E-state index in [1.165, 1.54) is 11.1 Å². The molecule has 1 aromatic rings. The van der Waals surface area contributed by atoms with Crippen LogP contribution in [0.1, 0.15) is 24.5 Å². The van der Waals surface area contributed by atoms with Crippen molar-refractivity contribution in [1.29, 1.82) is 0 Å². The van der Waals surface area contributed by atoms with Crippen LogP contribution in [-0.4, -0.2) is 6.04 Å². The summed E-state index contributed by atoms with van der Waals surface area (Å²) in [6.07, 6.45) is 1.86. The second-order valence-corrected chi connectivity index (χ2v) is 4.05. The SMILES string of the molecule is C=C(C)CC(N)Cc1ccccc1C. The Morgan fingerprint density at radius 3 is 2.64 bits per heavy atom. The number of hydrogen-bond donors (Lipinski definition) is 1. The van der Waals surface area contributed by atoms with E-state index in [2.05, 4.69) is 37.8 Å². The summed E-state index contributed by atoms with van der Waals surface area (Å²) >= 11 is 0. The van der Waals surface area contributed by atoms with E-state index in [9.17, 15) is 0 Å². The number of hydrogen-bond acceptors (Lipinski definition) is 1. The minimum Gasteiger partial charge on any atom is -0.327 e. The fourth-order valence-electron chi connectivity index (χ4n) is 1.64. The summed E-state index contributed by atoms with van der Waals surface area (Å²) in [5.74, 6) is 0. The highest BCUT2D eigenvalue weighted by molar-refractivity contribution is 5.26. The summed E-state index contributed by atoms with van der Waals surface area (Å²) in [7, 11) is 0. The van der Waals surface area contributed by atoms with Gasteiger partial charge in [-0.05, 0) is 37.8 Å². The van der Waals surface area contributed by atoms with Crippen molar-refractivity contribution in [3.8, 4) is 0 Å². The van der Waals surface area contributed by atoms with Gasteiger partial charge in [-0.25, -0.2) is 0 Å². The molecule has 0 saturated carbocycles. The highest BCUT2D eigenvalue weighted by atomic mass is 14.6. The Kier molecular flexibility index (Phi) is 3.90. The maximum atomic E-state index is 6.01. The van der Waals surface area contributed by atoms with Gasteiger partial charge in [-0.2, -0.15) is 0 Å². The van der Waals surface area contributed by atoms with Crippen molar-refractivity contribution in [3.63, 3.8) is 0 Å². The number of nitrogens with two attached hydrogens (primary N) is 1. The van der Waals surface area contributed by atoms with Crippen LogP contribution in [0.25, 0.3) is 0 Å². The van der Waals surface area contributed by atoms with Crippen molar-refractivity contribution in [2.24, 2.45) is 5.73 Å². The standard InChI is InChI=1S/C13H19N/c1-10(2)8-13(14)9-12-7-5-4-6-11(12)3/h4-7,13H,1,8-9,14H2,2-3H3. The zero-order valence-electron chi connectivity index (χ0n) is 9.09. The third-order valence-corrected chi connectivity index (χ3v) is 2.35. The van der Waals surface area contributed by atoms with E-state index in [-0.39, 0.29) is 6.04 Å². The van der Waals surface area contributed by atoms with Crippen LogP contribution in [0.5, 0.6) is 0 Å². The van der Waals surface area contributed by atoms with Gasteiger partial charge >= 0.3 is 0 Å². The molecule has 1 nitrogen and oxygen atoms in total. The molecule has 14 heavy (non-hydrogen) atoms. The van der Waals surface area contributed by atoms with Gasteiger partial charge in [0.2, 0.25) is 0 Å². The molecule has 0 saturated heterocycles. The zero-order chi connectivity index (χ0) is 10.6. The fourth-order valence-corrected chi connectivity index (χ4v) is 1.64. The van der Waals surface area contributed by atoms with Crippen LogP contribution in [0.2, 0.25) is 0 Å². The first-order valence-electron chi connectivity index (χ1n) is 5.04. The predicted molar refractivity (Wildman–Crippen MR) is 62.3 cm³/mol. The van der Waals surface area contributed by atoms with Gasteiger partial charge < -0.3 is 5.73 Å². The molecule has 1 heteroatoms. The van der Waals surface area contributed by atoms with Gasteiger partial charge in [0.15, 0.2) is 0 Å². The molecule has 0 aliphatic carbocycles. The van der Waals surface area contributed by atoms with E-state index in [4.69, 9.17) is 5.73 Å². The van der Waals surface area contributed by atoms with Crippen molar-refractivity contribution in [3.05, 3.63) is 47.5 Å². The Bertz CT molecular complexity index is 315. The van der Waals surface area contributed by atoms with Gasteiger partial charge in [0, 0.05) is 6.04 Å². The summed E-state index contributed by atoms with van der Waals surface area (Å²) in [5, 5.41) is 0. The third kappa shape index (κ3) is 3.35. The number of rotatable bonds is 4. The average Bonchev–Trinajstić information content (AvgIpc) is 2.07. The molecule has 0 radical (unpaired) electrons. The summed E-state index contributed by atoms with van der Waals surface area (Å²) in [6.45, 7) is 8.03. The topological polar surface area (TPSA) is 26.0 Å². The molecule has 0 spiro atoms. The summed E-state index contributed by atoms with van der Waals surface area (Å²) in [5.41, 5.74) is 9.85. The summed E-state index contributed by atoms with van der Waals surface area (Å²) in [4.78, 5) is 0. The van der Waals surface area contributed by atoms with E-state index in [0.29, 0.717) is 0 Å². The molecule has 0 bridgehead atoms. The molecule has 1 atom stereocenters. The highest BCUT2D eigenvalue weighted by Crippen LogP contribution is 2.11. The minimum atomic E-state index is 0.202. The minimum absolute atomic E-state index is 0.202. The Morgan fingerprint density at radius 1 is 1.43 bits per heavy atom. The van der Waals surface area contributed by atoms with Gasteiger partial charge in [-0.3, -0.25) is 0 Å². The van der Waals surface area contributed by atoms with Crippen molar-refractivity contribution in [1.82, 2.24) is 0 Å². The van der Waals surface area contributed by atoms with Crippen LogP contribution < -0.4 is 5.73 Å². The lowest BCUT2D eigenvalue weighted by atomic mass is 9.98. The van der Waals surface area contributed by atoms with Crippen LogP contribution in [0.4, 0.5) is 0 Å². The van der Waals surface area contributed by atoms with Crippen molar-refractivity contribution in [2.45, 2.75) is 32.7 Å². The molecular formula is C13H19N. The van der Waals surface area contributed by atoms with Crippen LogP contribution in [-0.2, 0) is 6.42 Å². The summed E-state index contributed by atoms with van der Waals surface area (Å²) < 4.78 is 0. The predicted octanol–water partition coefficient (Wildman–Crippen LogP) is 2.83. The van der Waals surface area contributed by atoms with Crippen LogP contribution in [0.15, 0.2) is 36.4 Å². The fraction of sp³-hybridized carbons (Fsp3) is 0.385. The molecule has 76 valence electrons. The first-order valence-corrected chi connectivity index (χ1v) is 5.04. The van der Waals surface area contributed by atoms with Gasteiger partial charge in [0.1, 0.15) is 0 Å². The highest BCUT2D eigenvalue weighted by Gasteiger charge is 2.05. The van der Waals surface area contributed by atoms with Crippen molar-refractivity contribution >= 4 is 0 Å². The lowest BCUT2D eigenvalue weighted by molar-refractivity contribution is 0.659. The molecule has 1 unspecified atom stereocenters. The van der Waals surface area contributed by atoms with Gasteiger partial charge in [0.05, 0.1) is 0 Å². The van der Waals surface area contributed by atoms with Crippen LogP contribution in [0.3, 0.4) is 0 Å². The molecule has 0 aromatic heterocycles. The molecule has 1 aromatic carbocycles. The lowest BCUT2D eigenvalue weighted by Crippen LogP contribution is -2.23. The Balaban J connectivity index is 2.60. The van der Waals surface area contributed by atoms with Crippen molar-refractivity contribution in [2.75, 3.05) is 0 Å². The second kappa shape index (κ2) is 4.97. The molecule has 0 aliphatic heterocycles. The Hall–Kier alpha value is -1.08. The number of benzene rings is 1. The maximum absolute atomic E-state index is 6.01. The molecule has 0 fully saturated rings. The van der Waals surface area contributed by atoms with E-state index in [1.54, 1.807) is 0 Å². The first kappa shape index (κ1) is 11.0. The van der Waals surface area contributed by atoms with Gasteiger partial charge in [-0.1, -0.05) is 29.8 Å². The van der Waals surface area contributed by atoms with Crippen LogP contribution in [0, 0.1) is 6.92 Å². The third-order valence-electron chi connectivity index (χ3n) is 2.35. The largest absolute Gasteiger partial charge is 0.327 e. The normalized spacial score (nSPS) is 12.5. The molecule has 0 heterocycles. The van der Waals surface area contributed by atoms with E-state index in [0.717, 1.165) is 18.4 Å². The Morgan fingerprint density at radius 2 is 2.07 bits per heavy atom. The number of aryl methyl sites for hydroxylation is 1. The van der Waals surface area contributed by atoms with E-state index < -0.39 is 0 Å². The monoisotopic (exact) mass is 189 g/mol. The van der Waals surface area contributed by atoms with Gasteiger partial charge in [0.25, 0.3) is 0 Å². The molecule has 2 N–H and O–H groups in total. The smallest absolute Gasteiger partial charge is 0.0117 e. The molecule has 0 amide bonds. The second-order valence-electron chi connectivity index (χ2n) is 4.05. The van der Waals surface area contributed by atoms with Crippen LogP contribution >= 0.6 is 0 Å². The summed E-state index contributed by atoms with van der Waals surface area (Å²) in [6, 6.07) is 8.60. The average molecular weight is 189 g/mol. The first-order chi connectivity index (χ1) is 6.59. The van der Waals surface area contributed by atoms with E-state index in [1.807, 2.05) is 6.92 Å². The molecular weight excluding hydrogens is 170 g/mol. The molecule has 0 aliphatic rings. The van der Waals surface area contributed by atoms with Crippen molar-refractivity contribution < 1.29 is 0 Å². The Labute approximate surface area is 86.6 Å². The van der Waals surface area contributed by atoms with Gasteiger partial charge in [-0.15, -0.1) is 6.58 Å².